The molecule has 6 heteroatoms. The van der Waals surface area contributed by atoms with E-state index in [-0.39, 0.29) is 10.8 Å². The highest BCUT2D eigenvalue weighted by Gasteiger charge is 2.76. The molecule has 6 nitrogen and oxygen atoms in total. The van der Waals surface area contributed by atoms with Crippen LogP contribution in [0.5, 0.6) is 11.5 Å². The highest BCUT2D eigenvalue weighted by Crippen LogP contribution is 2.49. The molecule has 0 aromatic heterocycles. The first kappa shape index (κ1) is 41.9. The summed E-state index contributed by atoms with van der Waals surface area (Å²) in [6, 6.07) is 9.45. The fraction of sp³-hybridized carbons (Fsp3) is 0.714. The minimum absolute atomic E-state index is 0.0394. The average molecular weight is 757 g/mol. The minimum atomic E-state index is -1.02. The van der Waals surface area contributed by atoms with E-state index in [1.54, 1.807) is 0 Å². The molecule has 2 aromatic rings. The summed E-state index contributed by atoms with van der Waals surface area (Å²) in [6.45, 7) is 40.4. The van der Waals surface area contributed by atoms with Crippen molar-refractivity contribution in [1.29, 1.82) is 0 Å². The van der Waals surface area contributed by atoms with E-state index in [9.17, 15) is 0 Å². The van der Waals surface area contributed by atoms with Crippen molar-refractivity contribution < 1.29 is 27.6 Å². The van der Waals surface area contributed by atoms with Crippen LogP contribution in [-0.4, -0.2) is 101 Å². The van der Waals surface area contributed by atoms with Crippen molar-refractivity contribution in [1.82, 2.24) is 0 Å². The van der Waals surface area contributed by atoms with Gasteiger partial charge in [0.1, 0.15) is 0 Å². The fourth-order valence-electron chi connectivity index (χ4n) is 10.7. The number of hydrogen-bond donors (Lipinski definition) is 0. The number of hydrogen-bond acceptors (Lipinski definition) is 2. The summed E-state index contributed by atoms with van der Waals surface area (Å²) in [6.07, 6.45) is 14.7. The van der Waals surface area contributed by atoms with Gasteiger partial charge in [-0.15, -0.1) is 0 Å². The van der Waals surface area contributed by atoms with E-state index in [4.69, 9.17) is 9.47 Å². The highest BCUT2D eigenvalue weighted by molar-refractivity contribution is 5.85. The molecule has 0 bridgehead atoms. The van der Waals surface area contributed by atoms with Crippen molar-refractivity contribution in [3.05, 3.63) is 57.6 Å². The van der Waals surface area contributed by atoms with Crippen LogP contribution in [0, 0.1) is 6.92 Å². The Morgan fingerprint density at radius 1 is 0.655 bits per heavy atom. The van der Waals surface area contributed by atoms with Gasteiger partial charge in [-0.3, -0.25) is 0 Å². The molecule has 3 atom stereocenters. The molecule has 2 aromatic carbocycles. The van der Waals surface area contributed by atoms with Crippen molar-refractivity contribution in [3.63, 3.8) is 0 Å². The van der Waals surface area contributed by atoms with Gasteiger partial charge in [0, 0.05) is 18.4 Å². The predicted molar refractivity (Wildman–Crippen MR) is 231 cm³/mol. The summed E-state index contributed by atoms with van der Waals surface area (Å²) in [7, 11) is 0. The number of benzene rings is 2. The summed E-state index contributed by atoms with van der Waals surface area (Å²) in [5.41, 5.74) is 7.71. The van der Waals surface area contributed by atoms with Gasteiger partial charge in [-0.25, -0.2) is 0 Å². The van der Waals surface area contributed by atoms with Gasteiger partial charge in [0.05, 0.1) is 63.5 Å². The molecule has 1 aliphatic carbocycles. The average Bonchev–Trinajstić information content (AvgIpc) is 3.43. The van der Waals surface area contributed by atoms with Gasteiger partial charge in [-0.1, -0.05) is 62.8 Å². The number of rotatable bonds is 15. The molecule has 1 saturated heterocycles. The third-order valence-electron chi connectivity index (χ3n) is 15.1. The standard InChI is InChI=1S/C49H80N4O2/c1-14-52(15-2,16-3)28-22-24-37(25-23-29-53(17-4,18-5)19-6)38-30-36(7)45-39(31-38)34-50-43-26-20-21-27-44(43)51-35-40-32-41(47(8,9)10)33-42(48(11,12)13)46(40)55-49(50,51)54-45/h30-35,37,43-44H,14-29H2,1-13H3/q+4. The van der Waals surface area contributed by atoms with Crippen LogP contribution in [0.15, 0.2) is 24.3 Å². The number of ether oxygens (including phenoxy) is 2. The molecule has 55 heavy (non-hydrogen) atoms. The second kappa shape index (κ2) is 15.9. The first-order valence-electron chi connectivity index (χ1n) is 22.7. The Balaban J connectivity index is 1.41. The second-order valence-corrected chi connectivity index (χ2v) is 20.0. The SMILES string of the molecule is CC[N+](CC)(CC)CCCC(CCC[N+](CC)(CC)CC)c1cc(C)c2c(c1)C=[N+]1C3CCCCC3[N+]3=Cc4cc(C(C)(C)C)cc(C(C)(C)C)c4OC13O2. The summed E-state index contributed by atoms with van der Waals surface area (Å²) >= 11 is 0. The van der Waals surface area contributed by atoms with Gasteiger partial charge in [0.2, 0.25) is 12.1 Å². The molecule has 0 N–H and O–H groups in total. The number of aryl methyl sites for hydroxylation is 1. The van der Waals surface area contributed by atoms with E-state index in [1.165, 1.54) is 133 Å². The first-order valence-corrected chi connectivity index (χ1v) is 22.7. The molecule has 3 unspecified atom stereocenters. The molecule has 0 amide bonds. The molecule has 3 heterocycles. The minimum Gasteiger partial charge on any atom is -0.340 e. The van der Waals surface area contributed by atoms with Gasteiger partial charge in [-0.05, 0) is 133 Å². The molecular formula is C49H80N4O2+4. The van der Waals surface area contributed by atoms with Gasteiger partial charge < -0.3 is 18.4 Å². The van der Waals surface area contributed by atoms with Gasteiger partial charge in [0.15, 0.2) is 23.9 Å². The van der Waals surface area contributed by atoms with E-state index in [0.717, 1.165) is 24.3 Å². The largest absolute Gasteiger partial charge is 0.704 e. The monoisotopic (exact) mass is 757 g/mol. The summed E-state index contributed by atoms with van der Waals surface area (Å²) < 4.78 is 22.3. The topological polar surface area (TPSA) is 24.5 Å². The second-order valence-electron chi connectivity index (χ2n) is 20.0. The van der Waals surface area contributed by atoms with Crippen molar-refractivity contribution >= 4 is 12.4 Å². The lowest BCUT2D eigenvalue weighted by atomic mass is 9.79. The van der Waals surface area contributed by atoms with Gasteiger partial charge >= 0.3 is 6.03 Å². The van der Waals surface area contributed by atoms with Crippen LogP contribution in [0.25, 0.3) is 0 Å². The quantitative estimate of drug-likeness (QED) is 0.134. The Morgan fingerprint density at radius 3 is 1.58 bits per heavy atom. The van der Waals surface area contributed by atoms with Crippen LogP contribution < -0.4 is 9.47 Å². The van der Waals surface area contributed by atoms with Crippen LogP contribution in [0.1, 0.15) is 174 Å². The van der Waals surface area contributed by atoms with Crippen LogP contribution in [-0.2, 0) is 10.8 Å². The molecule has 2 fully saturated rings. The Morgan fingerprint density at radius 2 is 1.13 bits per heavy atom. The van der Waals surface area contributed by atoms with E-state index < -0.39 is 6.03 Å². The maximum Gasteiger partial charge on any atom is 0.704 e. The van der Waals surface area contributed by atoms with Crippen molar-refractivity contribution in [3.8, 4) is 11.5 Å². The predicted octanol–water partition coefficient (Wildman–Crippen LogP) is 10.3. The highest BCUT2D eigenvalue weighted by atomic mass is 16.7. The van der Waals surface area contributed by atoms with Gasteiger partial charge in [0.25, 0.3) is 0 Å². The molecule has 6 rings (SSSR count). The van der Waals surface area contributed by atoms with Crippen molar-refractivity contribution in [2.45, 2.75) is 176 Å². The fourth-order valence-corrected chi connectivity index (χ4v) is 10.7. The Bertz CT molecular complexity index is 1710. The normalized spacial score (nSPS) is 22.1. The molecule has 0 radical (unpaired) electrons. The van der Waals surface area contributed by atoms with E-state index in [0.29, 0.717) is 18.0 Å². The molecule has 3 aliphatic heterocycles. The van der Waals surface area contributed by atoms with Crippen LogP contribution in [0.4, 0.5) is 0 Å². The Labute approximate surface area is 336 Å². The summed E-state index contributed by atoms with van der Waals surface area (Å²) in [4.78, 5) is 0. The van der Waals surface area contributed by atoms with Crippen LogP contribution in [0.3, 0.4) is 0 Å². The van der Waals surface area contributed by atoms with Crippen molar-refractivity contribution in [2.75, 3.05) is 52.4 Å². The van der Waals surface area contributed by atoms with E-state index in [1.807, 2.05) is 0 Å². The first-order chi connectivity index (χ1) is 26.0. The molecule has 1 spiro atoms. The number of nitrogens with zero attached hydrogens (tertiary/aromatic N) is 4. The maximum atomic E-state index is 7.45. The Kier molecular flexibility index (Phi) is 12.1. The van der Waals surface area contributed by atoms with Crippen LogP contribution in [0.2, 0.25) is 0 Å². The number of quaternary nitrogens is 2. The summed E-state index contributed by atoms with van der Waals surface area (Å²) in [5, 5.41) is 0. The molecular weight excluding hydrogens is 677 g/mol. The molecule has 4 aliphatic rings. The zero-order valence-corrected chi connectivity index (χ0v) is 37.6. The molecule has 1 saturated carbocycles. The lowest BCUT2D eigenvalue weighted by Crippen LogP contribution is -2.60. The third-order valence-corrected chi connectivity index (χ3v) is 15.1. The van der Waals surface area contributed by atoms with Crippen molar-refractivity contribution in [2.24, 2.45) is 0 Å². The zero-order valence-electron chi connectivity index (χ0n) is 37.6. The zero-order chi connectivity index (χ0) is 40.0. The van der Waals surface area contributed by atoms with Gasteiger partial charge in [-0.2, -0.15) is 0 Å². The maximum absolute atomic E-state index is 7.45. The molecule has 304 valence electrons. The van der Waals surface area contributed by atoms with E-state index in [2.05, 4.69) is 136 Å². The Hall–Kier alpha value is -2.70. The van der Waals surface area contributed by atoms with E-state index >= 15 is 0 Å². The lowest BCUT2D eigenvalue weighted by Gasteiger charge is -2.37. The third kappa shape index (κ3) is 7.82. The lowest BCUT2D eigenvalue weighted by molar-refractivity contribution is -0.923. The summed E-state index contributed by atoms with van der Waals surface area (Å²) in [5.74, 6) is 2.51. The van der Waals surface area contributed by atoms with Crippen LogP contribution >= 0.6 is 0 Å². The number of fused-ring (bicyclic) bond motifs is 5. The smallest absolute Gasteiger partial charge is 0.340 e.